The van der Waals surface area contributed by atoms with Crippen molar-refractivity contribution in [3.8, 4) is 0 Å². The van der Waals surface area contributed by atoms with E-state index in [1.165, 1.54) is 0 Å². The minimum Gasteiger partial charge on any atom is -0.419 e. The van der Waals surface area contributed by atoms with Crippen LogP contribution in [0.25, 0.3) is 0 Å². The lowest BCUT2D eigenvalue weighted by Gasteiger charge is -2.22. The zero-order valence-corrected chi connectivity index (χ0v) is 6.85. The average molecular weight is 159 g/mol. The fraction of sp³-hybridized carbons (Fsp3) is 0.857. The van der Waals surface area contributed by atoms with Gasteiger partial charge < -0.3 is 9.47 Å². The van der Waals surface area contributed by atoms with E-state index in [9.17, 15) is 4.79 Å². The molecule has 1 saturated heterocycles. The number of ether oxygens (including phenoxy) is 2. The molecule has 0 bridgehead atoms. The molecular formula is C7H13NO3. The Balaban J connectivity index is 2.39. The van der Waals surface area contributed by atoms with Crippen molar-refractivity contribution < 1.29 is 14.3 Å². The van der Waals surface area contributed by atoms with Crippen LogP contribution in [-0.4, -0.2) is 25.0 Å². The Bertz CT molecular complexity index is 152. The second-order valence-electron chi connectivity index (χ2n) is 2.55. The summed E-state index contributed by atoms with van der Waals surface area (Å²) >= 11 is 0. The van der Waals surface area contributed by atoms with Crippen LogP contribution in [0, 0.1) is 0 Å². The second-order valence-corrected chi connectivity index (χ2v) is 2.55. The molecule has 11 heavy (non-hydrogen) atoms. The Kier molecular flexibility index (Phi) is 2.46. The molecule has 0 aromatic rings. The fourth-order valence-electron chi connectivity index (χ4n) is 0.930. The molecule has 0 spiro atoms. The summed E-state index contributed by atoms with van der Waals surface area (Å²) in [6, 6.07) is 0. The van der Waals surface area contributed by atoms with Gasteiger partial charge in [0.15, 0.2) is 0 Å². The van der Waals surface area contributed by atoms with E-state index in [0.717, 1.165) is 6.54 Å². The standard InChI is InChI=1S/C7H13NO3/c1-3-6(9)11-7(2)8-4-5-10-7/h8H,3-5H2,1-2H3. The smallest absolute Gasteiger partial charge is 0.309 e. The maximum absolute atomic E-state index is 10.8. The summed E-state index contributed by atoms with van der Waals surface area (Å²) in [5.74, 6) is -1.13. The normalized spacial score (nSPS) is 30.4. The first-order valence-corrected chi connectivity index (χ1v) is 3.77. The number of esters is 1. The molecule has 1 atom stereocenters. The summed E-state index contributed by atoms with van der Waals surface area (Å²) in [7, 11) is 0. The molecule has 0 amide bonds. The van der Waals surface area contributed by atoms with E-state index in [4.69, 9.17) is 9.47 Å². The van der Waals surface area contributed by atoms with E-state index in [0.29, 0.717) is 13.0 Å². The molecule has 1 N–H and O–H groups in total. The van der Waals surface area contributed by atoms with Crippen molar-refractivity contribution in [3.05, 3.63) is 0 Å². The highest BCUT2D eigenvalue weighted by Crippen LogP contribution is 2.13. The van der Waals surface area contributed by atoms with Crippen LogP contribution in [0.2, 0.25) is 0 Å². The highest BCUT2D eigenvalue weighted by Gasteiger charge is 2.32. The highest BCUT2D eigenvalue weighted by atomic mass is 16.7. The third kappa shape index (κ3) is 2.17. The van der Waals surface area contributed by atoms with Gasteiger partial charge >= 0.3 is 5.97 Å². The van der Waals surface area contributed by atoms with Crippen molar-refractivity contribution >= 4 is 5.97 Å². The van der Waals surface area contributed by atoms with Crippen LogP contribution in [-0.2, 0) is 14.3 Å². The van der Waals surface area contributed by atoms with Gasteiger partial charge in [0.1, 0.15) is 0 Å². The molecule has 4 heteroatoms. The van der Waals surface area contributed by atoms with Gasteiger partial charge in [0.2, 0.25) is 0 Å². The molecule has 1 rings (SSSR count). The lowest BCUT2D eigenvalue weighted by Crippen LogP contribution is -2.42. The molecule has 1 aliphatic heterocycles. The molecule has 0 saturated carbocycles. The van der Waals surface area contributed by atoms with Gasteiger partial charge in [0.05, 0.1) is 6.61 Å². The maximum atomic E-state index is 10.8. The third-order valence-corrected chi connectivity index (χ3v) is 1.52. The topological polar surface area (TPSA) is 47.6 Å². The van der Waals surface area contributed by atoms with Crippen LogP contribution in [0.3, 0.4) is 0 Å². The minimum atomic E-state index is -0.882. The summed E-state index contributed by atoms with van der Waals surface area (Å²) in [5.41, 5.74) is 0. The van der Waals surface area contributed by atoms with Gasteiger partial charge in [-0.25, -0.2) is 0 Å². The molecule has 64 valence electrons. The zero-order chi connectivity index (χ0) is 8.32. The van der Waals surface area contributed by atoms with E-state index >= 15 is 0 Å². The van der Waals surface area contributed by atoms with Crippen LogP contribution in [0.5, 0.6) is 0 Å². The van der Waals surface area contributed by atoms with Gasteiger partial charge in [-0.2, -0.15) is 0 Å². The Hall–Kier alpha value is -0.610. The van der Waals surface area contributed by atoms with E-state index in [2.05, 4.69) is 5.32 Å². The Morgan fingerprint density at radius 1 is 1.82 bits per heavy atom. The lowest BCUT2D eigenvalue weighted by atomic mass is 10.5. The van der Waals surface area contributed by atoms with Gasteiger partial charge in [-0.15, -0.1) is 0 Å². The molecule has 1 heterocycles. The number of nitrogens with one attached hydrogen (secondary N) is 1. The first-order chi connectivity index (χ1) is 5.16. The molecule has 1 aliphatic rings. The summed E-state index contributed by atoms with van der Waals surface area (Å²) in [6.07, 6.45) is 0.376. The molecule has 0 aromatic heterocycles. The summed E-state index contributed by atoms with van der Waals surface area (Å²) in [5, 5.41) is 2.93. The van der Waals surface area contributed by atoms with Gasteiger partial charge in [0.25, 0.3) is 5.91 Å². The first-order valence-electron chi connectivity index (χ1n) is 3.77. The minimum absolute atomic E-state index is 0.248. The zero-order valence-electron chi connectivity index (χ0n) is 6.85. The molecular weight excluding hydrogens is 146 g/mol. The lowest BCUT2D eigenvalue weighted by molar-refractivity contribution is -0.213. The van der Waals surface area contributed by atoms with Gasteiger partial charge in [-0.1, -0.05) is 6.92 Å². The summed E-state index contributed by atoms with van der Waals surface area (Å²) < 4.78 is 10.1. The predicted octanol–water partition coefficient (Wildman–Crippen LogP) is 0.233. The van der Waals surface area contributed by atoms with E-state index < -0.39 is 5.91 Å². The number of carbonyl (C=O) groups is 1. The fourth-order valence-corrected chi connectivity index (χ4v) is 0.930. The first kappa shape index (κ1) is 8.49. The van der Waals surface area contributed by atoms with Crippen LogP contribution in [0.1, 0.15) is 20.3 Å². The van der Waals surface area contributed by atoms with Crippen molar-refractivity contribution in [2.45, 2.75) is 26.2 Å². The highest BCUT2D eigenvalue weighted by molar-refractivity contribution is 5.69. The van der Waals surface area contributed by atoms with Crippen molar-refractivity contribution in [1.29, 1.82) is 0 Å². The van der Waals surface area contributed by atoms with E-state index in [-0.39, 0.29) is 5.97 Å². The average Bonchev–Trinajstić information content (AvgIpc) is 2.36. The van der Waals surface area contributed by atoms with Crippen molar-refractivity contribution in [3.63, 3.8) is 0 Å². The molecule has 1 fully saturated rings. The Morgan fingerprint density at radius 2 is 2.55 bits per heavy atom. The number of carbonyl (C=O) groups excluding carboxylic acids is 1. The van der Waals surface area contributed by atoms with E-state index in [1.807, 2.05) is 0 Å². The molecule has 0 radical (unpaired) electrons. The van der Waals surface area contributed by atoms with Crippen molar-refractivity contribution in [2.75, 3.05) is 13.2 Å². The van der Waals surface area contributed by atoms with E-state index in [1.54, 1.807) is 13.8 Å². The Labute approximate surface area is 65.9 Å². The van der Waals surface area contributed by atoms with Crippen LogP contribution in [0.15, 0.2) is 0 Å². The van der Waals surface area contributed by atoms with Crippen LogP contribution in [0.4, 0.5) is 0 Å². The SMILES string of the molecule is CCC(=O)OC1(C)NCCO1. The number of hydrogen-bond donors (Lipinski definition) is 1. The predicted molar refractivity (Wildman–Crippen MR) is 38.7 cm³/mol. The van der Waals surface area contributed by atoms with Crippen molar-refractivity contribution in [2.24, 2.45) is 0 Å². The van der Waals surface area contributed by atoms with Gasteiger partial charge in [0, 0.05) is 19.9 Å². The molecule has 0 aliphatic carbocycles. The van der Waals surface area contributed by atoms with Crippen LogP contribution < -0.4 is 5.32 Å². The number of rotatable bonds is 2. The summed E-state index contributed by atoms with van der Waals surface area (Å²) in [6.45, 7) is 4.77. The molecule has 0 aromatic carbocycles. The monoisotopic (exact) mass is 159 g/mol. The summed E-state index contributed by atoms with van der Waals surface area (Å²) in [4.78, 5) is 10.8. The largest absolute Gasteiger partial charge is 0.419 e. The van der Waals surface area contributed by atoms with Gasteiger partial charge in [-0.05, 0) is 0 Å². The molecule has 1 unspecified atom stereocenters. The third-order valence-electron chi connectivity index (χ3n) is 1.52. The number of hydrogen-bond acceptors (Lipinski definition) is 4. The van der Waals surface area contributed by atoms with Crippen LogP contribution >= 0.6 is 0 Å². The quantitative estimate of drug-likeness (QED) is 0.586. The van der Waals surface area contributed by atoms with Gasteiger partial charge in [-0.3, -0.25) is 10.1 Å². The van der Waals surface area contributed by atoms with Crippen molar-refractivity contribution in [1.82, 2.24) is 5.32 Å². The molecule has 4 nitrogen and oxygen atoms in total. The maximum Gasteiger partial charge on any atom is 0.309 e. The second kappa shape index (κ2) is 3.19. The Morgan fingerprint density at radius 3 is 3.00 bits per heavy atom.